The summed E-state index contributed by atoms with van der Waals surface area (Å²) in [5.74, 6) is 1.89. The summed E-state index contributed by atoms with van der Waals surface area (Å²) in [7, 11) is 0. The topological polar surface area (TPSA) is 85.9 Å². The second-order valence-corrected chi connectivity index (χ2v) is 7.75. The highest BCUT2D eigenvalue weighted by Crippen LogP contribution is 2.27. The zero-order chi connectivity index (χ0) is 19.6. The van der Waals surface area contributed by atoms with E-state index in [4.69, 9.17) is 0 Å². The maximum Gasteiger partial charge on any atom is 0.324 e. The number of aromatic amines is 1. The molecule has 2 aromatic rings. The van der Waals surface area contributed by atoms with Crippen LogP contribution in [0.2, 0.25) is 0 Å². The summed E-state index contributed by atoms with van der Waals surface area (Å²) in [5, 5.41) is 12.9. The van der Waals surface area contributed by atoms with Crippen molar-refractivity contribution in [3.8, 4) is 0 Å². The van der Waals surface area contributed by atoms with Crippen molar-refractivity contribution >= 4 is 23.4 Å². The van der Waals surface area contributed by atoms with Crippen LogP contribution in [0.4, 0.5) is 22.1 Å². The molecule has 0 spiro atoms. The van der Waals surface area contributed by atoms with E-state index in [1.165, 1.54) is 19.3 Å². The summed E-state index contributed by atoms with van der Waals surface area (Å²) in [6, 6.07) is 2.16. The van der Waals surface area contributed by atoms with E-state index in [0.29, 0.717) is 23.5 Å². The van der Waals surface area contributed by atoms with Gasteiger partial charge in [0.25, 0.3) is 0 Å². The van der Waals surface area contributed by atoms with Gasteiger partial charge in [-0.2, -0.15) is 5.10 Å². The molecule has 2 aromatic heterocycles. The van der Waals surface area contributed by atoms with Gasteiger partial charge in [-0.25, -0.2) is 9.78 Å². The number of pyridine rings is 1. The summed E-state index contributed by atoms with van der Waals surface area (Å²) < 4.78 is 0. The van der Waals surface area contributed by atoms with Crippen molar-refractivity contribution in [1.82, 2.24) is 15.2 Å². The third kappa shape index (κ3) is 4.23. The lowest BCUT2D eigenvalue weighted by Crippen LogP contribution is -2.38. The molecule has 27 heavy (non-hydrogen) atoms. The second kappa shape index (κ2) is 7.98. The monoisotopic (exact) mass is 370 g/mol. The first-order valence-electron chi connectivity index (χ1n) is 9.73. The maximum atomic E-state index is 12.3. The molecule has 0 aromatic carbocycles. The van der Waals surface area contributed by atoms with Gasteiger partial charge in [0.2, 0.25) is 0 Å². The number of piperidine rings is 1. The highest BCUT2D eigenvalue weighted by Gasteiger charge is 2.21. The number of nitrogens with one attached hydrogen (secondary N) is 3. The number of H-pyrrole nitrogens is 1. The third-order valence-electron chi connectivity index (χ3n) is 5.24. The standard InChI is InChI=1S/C20H30N6O/c1-12(2)17-15(5)18(25-24-17)23-20(27)22-16-10-13(3)19(21-11-16)26-9-7-6-8-14(26)4/h10-12,14H,6-9H2,1-5H3,(H3,22,23,24,25,27). The van der Waals surface area contributed by atoms with Crippen molar-refractivity contribution < 1.29 is 4.79 Å². The molecule has 3 heterocycles. The van der Waals surface area contributed by atoms with Crippen LogP contribution >= 0.6 is 0 Å². The first-order valence-corrected chi connectivity index (χ1v) is 9.73. The molecule has 7 heteroatoms. The lowest BCUT2D eigenvalue weighted by Gasteiger charge is -2.35. The molecule has 3 N–H and O–H groups in total. The zero-order valence-electron chi connectivity index (χ0n) is 16.9. The molecule has 1 unspecified atom stereocenters. The number of amides is 2. The molecule has 146 valence electrons. The van der Waals surface area contributed by atoms with Crippen molar-refractivity contribution in [1.29, 1.82) is 0 Å². The highest BCUT2D eigenvalue weighted by molar-refractivity contribution is 5.99. The van der Waals surface area contributed by atoms with E-state index in [-0.39, 0.29) is 6.03 Å². The maximum absolute atomic E-state index is 12.3. The Labute approximate surface area is 160 Å². The molecule has 0 radical (unpaired) electrons. The van der Waals surface area contributed by atoms with Gasteiger partial charge in [-0.1, -0.05) is 13.8 Å². The number of carbonyl (C=O) groups is 1. The average Bonchev–Trinajstić information content (AvgIpc) is 2.97. The van der Waals surface area contributed by atoms with Gasteiger partial charge in [0.15, 0.2) is 5.82 Å². The SMILES string of the molecule is Cc1cc(NC(=O)Nc2n[nH]c(C(C)C)c2C)cnc1N1CCCCC1C. The fourth-order valence-electron chi connectivity index (χ4n) is 3.71. The van der Waals surface area contributed by atoms with Gasteiger partial charge in [-0.05, 0) is 57.6 Å². The average molecular weight is 371 g/mol. The second-order valence-electron chi connectivity index (χ2n) is 7.75. The number of aryl methyl sites for hydroxylation is 1. The Hall–Kier alpha value is -2.57. The minimum Gasteiger partial charge on any atom is -0.354 e. The fraction of sp³-hybridized carbons (Fsp3) is 0.550. The molecule has 0 aliphatic carbocycles. The molecule has 1 saturated heterocycles. The van der Waals surface area contributed by atoms with Gasteiger partial charge >= 0.3 is 6.03 Å². The number of nitrogens with zero attached hydrogens (tertiary/aromatic N) is 3. The van der Waals surface area contributed by atoms with Crippen LogP contribution in [0.15, 0.2) is 12.3 Å². The van der Waals surface area contributed by atoms with Crippen molar-refractivity contribution in [3.05, 3.63) is 29.1 Å². The highest BCUT2D eigenvalue weighted by atomic mass is 16.2. The van der Waals surface area contributed by atoms with E-state index in [0.717, 1.165) is 29.2 Å². The first kappa shape index (κ1) is 19.2. The molecule has 1 atom stereocenters. The van der Waals surface area contributed by atoms with Crippen LogP contribution in [-0.2, 0) is 0 Å². The first-order chi connectivity index (χ1) is 12.9. The van der Waals surface area contributed by atoms with E-state index in [9.17, 15) is 4.79 Å². The van der Waals surface area contributed by atoms with Gasteiger partial charge < -0.3 is 10.2 Å². The van der Waals surface area contributed by atoms with Crippen LogP contribution in [0.5, 0.6) is 0 Å². The Kier molecular flexibility index (Phi) is 5.68. The van der Waals surface area contributed by atoms with Crippen molar-refractivity contribution in [3.63, 3.8) is 0 Å². The van der Waals surface area contributed by atoms with Crippen molar-refractivity contribution in [2.24, 2.45) is 0 Å². The summed E-state index contributed by atoms with van der Waals surface area (Å²) in [4.78, 5) is 19.3. The molecule has 1 aliphatic heterocycles. The van der Waals surface area contributed by atoms with Gasteiger partial charge in [0, 0.05) is 23.8 Å². The Balaban J connectivity index is 1.67. The van der Waals surface area contributed by atoms with Gasteiger partial charge in [0.1, 0.15) is 5.82 Å². The van der Waals surface area contributed by atoms with Crippen LogP contribution in [0.25, 0.3) is 0 Å². The number of carbonyl (C=O) groups excluding carboxylic acids is 1. The number of urea groups is 1. The van der Waals surface area contributed by atoms with E-state index in [1.54, 1.807) is 6.20 Å². The van der Waals surface area contributed by atoms with Crippen LogP contribution in [0.3, 0.4) is 0 Å². The molecular weight excluding hydrogens is 340 g/mol. The number of rotatable bonds is 4. The number of anilines is 3. The van der Waals surface area contributed by atoms with Crippen LogP contribution in [0, 0.1) is 13.8 Å². The minimum atomic E-state index is -0.319. The summed E-state index contributed by atoms with van der Waals surface area (Å²) in [5.41, 5.74) is 3.74. The number of aromatic nitrogens is 3. The zero-order valence-corrected chi connectivity index (χ0v) is 16.9. The number of hydrogen-bond donors (Lipinski definition) is 3. The third-order valence-corrected chi connectivity index (χ3v) is 5.24. The smallest absolute Gasteiger partial charge is 0.324 e. The molecule has 0 bridgehead atoms. The Morgan fingerprint density at radius 2 is 2.07 bits per heavy atom. The Morgan fingerprint density at radius 1 is 1.30 bits per heavy atom. The van der Waals surface area contributed by atoms with E-state index >= 15 is 0 Å². The Bertz CT molecular complexity index is 813. The molecule has 3 rings (SSSR count). The van der Waals surface area contributed by atoms with E-state index in [1.807, 2.05) is 19.9 Å². The summed E-state index contributed by atoms with van der Waals surface area (Å²) in [6.45, 7) is 11.5. The molecular formula is C20H30N6O. The van der Waals surface area contributed by atoms with Gasteiger partial charge in [-0.3, -0.25) is 10.4 Å². The van der Waals surface area contributed by atoms with E-state index < -0.39 is 0 Å². The van der Waals surface area contributed by atoms with Gasteiger partial charge in [0.05, 0.1) is 11.9 Å². The fourth-order valence-corrected chi connectivity index (χ4v) is 3.71. The minimum absolute atomic E-state index is 0.319. The summed E-state index contributed by atoms with van der Waals surface area (Å²) >= 11 is 0. The van der Waals surface area contributed by atoms with Crippen molar-refractivity contribution in [2.45, 2.75) is 65.8 Å². The summed E-state index contributed by atoms with van der Waals surface area (Å²) in [6.07, 6.45) is 5.40. The van der Waals surface area contributed by atoms with Crippen LogP contribution in [0.1, 0.15) is 62.8 Å². The van der Waals surface area contributed by atoms with E-state index in [2.05, 4.69) is 51.5 Å². The molecule has 0 saturated carbocycles. The van der Waals surface area contributed by atoms with Gasteiger partial charge in [-0.15, -0.1) is 0 Å². The van der Waals surface area contributed by atoms with Crippen molar-refractivity contribution in [2.75, 3.05) is 22.1 Å². The molecule has 7 nitrogen and oxygen atoms in total. The van der Waals surface area contributed by atoms with Crippen LogP contribution < -0.4 is 15.5 Å². The number of hydrogen-bond acceptors (Lipinski definition) is 4. The molecule has 2 amide bonds. The molecule has 1 aliphatic rings. The predicted octanol–water partition coefficient (Wildman–Crippen LogP) is 4.57. The lowest BCUT2D eigenvalue weighted by atomic mass is 10.0. The quantitative estimate of drug-likeness (QED) is 0.736. The predicted molar refractivity (Wildman–Crippen MR) is 110 cm³/mol. The molecule has 1 fully saturated rings. The normalized spacial score (nSPS) is 17.3. The lowest BCUT2D eigenvalue weighted by molar-refractivity contribution is 0.262. The van der Waals surface area contributed by atoms with Crippen LogP contribution in [-0.4, -0.2) is 33.8 Å². The Morgan fingerprint density at radius 3 is 2.70 bits per heavy atom. The largest absolute Gasteiger partial charge is 0.354 e.